The van der Waals surface area contributed by atoms with E-state index in [1.807, 2.05) is 6.07 Å². The number of hydrogen-bond donors (Lipinski definition) is 1. The van der Waals surface area contributed by atoms with Crippen LogP contribution in [0.3, 0.4) is 0 Å². The van der Waals surface area contributed by atoms with Gasteiger partial charge in [-0.15, -0.1) is 0 Å². The molecule has 78 valence electrons. The first-order chi connectivity index (χ1) is 7.22. The third-order valence-corrected chi connectivity index (χ3v) is 2.89. The number of nitrogens with zero attached hydrogens (tertiary/aromatic N) is 3. The van der Waals surface area contributed by atoms with Gasteiger partial charge in [0.25, 0.3) is 0 Å². The zero-order valence-corrected chi connectivity index (χ0v) is 8.82. The lowest BCUT2D eigenvalue weighted by molar-refractivity contribution is 0.528. The Hall–Kier alpha value is -1.63. The molecule has 0 aromatic carbocycles. The summed E-state index contributed by atoms with van der Waals surface area (Å²) < 4.78 is 0. The van der Waals surface area contributed by atoms with Crippen molar-refractivity contribution in [1.29, 1.82) is 5.26 Å². The fourth-order valence-corrected chi connectivity index (χ4v) is 2.03. The highest BCUT2D eigenvalue weighted by molar-refractivity contribution is 5.33. The Morgan fingerprint density at radius 3 is 2.87 bits per heavy atom. The van der Waals surface area contributed by atoms with E-state index in [4.69, 9.17) is 5.26 Å². The summed E-state index contributed by atoms with van der Waals surface area (Å²) in [5, 5.41) is 12.0. The van der Waals surface area contributed by atoms with Crippen LogP contribution in [0.4, 0.5) is 5.95 Å². The van der Waals surface area contributed by atoms with E-state index >= 15 is 0 Å². The summed E-state index contributed by atoms with van der Waals surface area (Å²) in [4.78, 5) is 8.24. The molecule has 1 heterocycles. The van der Waals surface area contributed by atoms with Crippen LogP contribution in [0.1, 0.15) is 38.3 Å². The second-order valence-electron chi connectivity index (χ2n) is 4.27. The molecule has 0 bridgehead atoms. The molecule has 0 aliphatic heterocycles. The van der Waals surface area contributed by atoms with E-state index in [0.29, 0.717) is 11.6 Å². The average Bonchev–Trinajstić information content (AvgIpc) is 2.65. The molecule has 4 nitrogen and oxygen atoms in total. The number of nitriles is 1. The minimum Gasteiger partial charge on any atom is -0.349 e. The lowest BCUT2D eigenvalue weighted by Crippen LogP contribution is -2.31. The first-order valence-corrected chi connectivity index (χ1v) is 5.23. The lowest BCUT2D eigenvalue weighted by atomic mass is 10.0. The zero-order valence-electron chi connectivity index (χ0n) is 8.82. The Kier molecular flexibility index (Phi) is 2.55. The highest BCUT2D eigenvalue weighted by atomic mass is 15.1. The maximum atomic E-state index is 8.72. The maximum absolute atomic E-state index is 8.72. The van der Waals surface area contributed by atoms with Gasteiger partial charge in [-0.25, -0.2) is 9.97 Å². The van der Waals surface area contributed by atoms with E-state index in [9.17, 15) is 0 Å². The third kappa shape index (κ3) is 2.24. The van der Waals surface area contributed by atoms with Gasteiger partial charge in [-0.3, -0.25) is 0 Å². The number of aromatic nitrogens is 2. The molecule has 0 unspecified atom stereocenters. The molecule has 0 radical (unpaired) electrons. The Labute approximate surface area is 89.4 Å². The van der Waals surface area contributed by atoms with Crippen LogP contribution in [0.15, 0.2) is 12.3 Å². The predicted octanol–water partition coefficient (Wildman–Crippen LogP) is 2.09. The molecule has 1 aliphatic carbocycles. The first kappa shape index (κ1) is 9.91. The van der Waals surface area contributed by atoms with Crippen molar-refractivity contribution in [3.8, 4) is 6.07 Å². The Morgan fingerprint density at radius 1 is 1.47 bits per heavy atom. The van der Waals surface area contributed by atoms with Gasteiger partial charge in [0.05, 0.1) is 0 Å². The fraction of sp³-hybridized carbons (Fsp3) is 0.545. The smallest absolute Gasteiger partial charge is 0.224 e. The van der Waals surface area contributed by atoms with Crippen LogP contribution in [-0.2, 0) is 0 Å². The molecule has 1 fully saturated rings. The molecule has 1 aromatic heterocycles. The third-order valence-electron chi connectivity index (χ3n) is 2.89. The molecule has 1 aliphatic rings. The topological polar surface area (TPSA) is 61.6 Å². The van der Waals surface area contributed by atoms with Crippen LogP contribution >= 0.6 is 0 Å². The highest BCUT2D eigenvalue weighted by Crippen LogP contribution is 2.31. The normalized spacial score (nSPS) is 18.4. The molecule has 4 heteroatoms. The Morgan fingerprint density at radius 2 is 2.20 bits per heavy atom. The van der Waals surface area contributed by atoms with Gasteiger partial charge in [-0.1, -0.05) is 12.8 Å². The van der Waals surface area contributed by atoms with Crippen LogP contribution in [0.2, 0.25) is 0 Å². The van der Waals surface area contributed by atoms with Crippen molar-refractivity contribution in [2.45, 2.75) is 38.1 Å². The van der Waals surface area contributed by atoms with E-state index in [2.05, 4.69) is 22.2 Å². The molecule has 1 N–H and O–H groups in total. The van der Waals surface area contributed by atoms with Gasteiger partial charge in [0, 0.05) is 11.7 Å². The molecule has 1 saturated carbocycles. The average molecular weight is 202 g/mol. The molecule has 2 rings (SSSR count). The highest BCUT2D eigenvalue weighted by Gasteiger charge is 2.28. The lowest BCUT2D eigenvalue weighted by Gasteiger charge is -2.24. The summed E-state index contributed by atoms with van der Waals surface area (Å²) >= 11 is 0. The summed E-state index contributed by atoms with van der Waals surface area (Å²) in [7, 11) is 0. The standard InChI is InChI=1S/C11H14N4/c1-11(5-2-3-6-11)15-10-13-7-4-9(8-12)14-10/h4,7H,2-3,5-6H2,1H3,(H,13,14,15). The van der Waals surface area contributed by atoms with Gasteiger partial charge < -0.3 is 5.32 Å². The van der Waals surface area contributed by atoms with Crippen LogP contribution in [0, 0.1) is 11.3 Å². The first-order valence-electron chi connectivity index (χ1n) is 5.23. The minimum absolute atomic E-state index is 0.105. The van der Waals surface area contributed by atoms with Crippen molar-refractivity contribution in [3.63, 3.8) is 0 Å². The van der Waals surface area contributed by atoms with Crippen LogP contribution in [0.5, 0.6) is 0 Å². The second kappa shape index (κ2) is 3.85. The van der Waals surface area contributed by atoms with Crippen molar-refractivity contribution in [3.05, 3.63) is 18.0 Å². The van der Waals surface area contributed by atoms with E-state index in [0.717, 1.165) is 12.8 Å². The molecular formula is C11H14N4. The van der Waals surface area contributed by atoms with Crippen molar-refractivity contribution in [2.75, 3.05) is 5.32 Å². The molecular weight excluding hydrogens is 188 g/mol. The number of nitrogens with one attached hydrogen (secondary N) is 1. The van der Waals surface area contributed by atoms with Crippen LogP contribution in [-0.4, -0.2) is 15.5 Å². The summed E-state index contributed by atoms with van der Waals surface area (Å²) in [5.74, 6) is 0.568. The van der Waals surface area contributed by atoms with E-state index in [1.165, 1.54) is 12.8 Å². The van der Waals surface area contributed by atoms with Gasteiger partial charge in [0.1, 0.15) is 11.8 Å². The molecule has 15 heavy (non-hydrogen) atoms. The van der Waals surface area contributed by atoms with Gasteiger partial charge in [-0.05, 0) is 25.8 Å². The summed E-state index contributed by atoms with van der Waals surface area (Å²) in [6, 6.07) is 3.63. The SMILES string of the molecule is CC1(Nc2nccc(C#N)n2)CCCC1. The zero-order chi connectivity index (χ0) is 10.7. The Balaban J connectivity index is 2.13. The number of anilines is 1. The quantitative estimate of drug-likeness (QED) is 0.797. The van der Waals surface area contributed by atoms with Gasteiger partial charge in [-0.2, -0.15) is 5.26 Å². The van der Waals surface area contributed by atoms with Crippen molar-refractivity contribution < 1.29 is 0 Å². The van der Waals surface area contributed by atoms with Crippen molar-refractivity contribution in [1.82, 2.24) is 9.97 Å². The predicted molar refractivity (Wildman–Crippen MR) is 57.2 cm³/mol. The summed E-state index contributed by atoms with van der Waals surface area (Å²) in [5.41, 5.74) is 0.516. The maximum Gasteiger partial charge on any atom is 0.224 e. The number of rotatable bonds is 2. The van der Waals surface area contributed by atoms with E-state index in [-0.39, 0.29) is 5.54 Å². The van der Waals surface area contributed by atoms with Gasteiger partial charge in [0.2, 0.25) is 5.95 Å². The summed E-state index contributed by atoms with van der Waals surface area (Å²) in [6.07, 6.45) is 6.41. The fourth-order valence-electron chi connectivity index (χ4n) is 2.03. The molecule has 0 atom stereocenters. The largest absolute Gasteiger partial charge is 0.349 e. The molecule has 0 spiro atoms. The van der Waals surface area contributed by atoms with Crippen molar-refractivity contribution >= 4 is 5.95 Å². The molecule has 1 aromatic rings. The van der Waals surface area contributed by atoms with Crippen LogP contribution < -0.4 is 5.32 Å². The van der Waals surface area contributed by atoms with E-state index < -0.39 is 0 Å². The van der Waals surface area contributed by atoms with Crippen LogP contribution in [0.25, 0.3) is 0 Å². The second-order valence-corrected chi connectivity index (χ2v) is 4.27. The van der Waals surface area contributed by atoms with Gasteiger partial charge >= 0.3 is 0 Å². The van der Waals surface area contributed by atoms with Crippen molar-refractivity contribution in [2.24, 2.45) is 0 Å². The summed E-state index contributed by atoms with van der Waals surface area (Å²) in [6.45, 7) is 2.18. The molecule has 0 amide bonds. The van der Waals surface area contributed by atoms with E-state index in [1.54, 1.807) is 12.3 Å². The number of hydrogen-bond acceptors (Lipinski definition) is 4. The Bertz CT molecular complexity index is 388. The monoisotopic (exact) mass is 202 g/mol. The molecule has 0 saturated heterocycles. The minimum atomic E-state index is 0.105. The van der Waals surface area contributed by atoms with Gasteiger partial charge in [0.15, 0.2) is 0 Å².